The van der Waals surface area contributed by atoms with Gasteiger partial charge in [-0.05, 0) is 62.1 Å². The van der Waals surface area contributed by atoms with Gasteiger partial charge in [-0.3, -0.25) is 4.90 Å². The fraction of sp³-hybridized carbons (Fsp3) is 0.286. The summed E-state index contributed by atoms with van der Waals surface area (Å²) in [5.74, 6) is -1.21. The molecule has 27 heavy (non-hydrogen) atoms. The number of anilines is 1. The van der Waals surface area contributed by atoms with Crippen molar-refractivity contribution in [2.75, 3.05) is 11.9 Å². The first-order chi connectivity index (χ1) is 12.6. The Hall–Kier alpha value is -2.89. The van der Waals surface area contributed by atoms with Crippen molar-refractivity contribution in [1.82, 2.24) is 4.57 Å². The van der Waals surface area contributed by atoms with E-state index in [4.69, 9.17) is 4.74 Å². The molecule has 0 aliphatic rings. The highest BCUT2D eigenvalue weighted by molar-refractivity contribution is 5.91. The molecular weight excluding hydrogens is 350 g/mol. The van der Waals surface area contributed by atoms with Gasteiger partial charge < -0.3 is 9.30 Å². The second-order valence-corrected chi connectivity index (χ2v) is 7.50. The van der Waals surface area contributed by atoms with Crippen LogP contribution in [0, 0.1) is 11.6 Å². The second-order valence-electron chi connectivity index (χ2n) is 7.50. The highest BCUT2D eigenvalue weighted by Gasteiger charge is 2.21. The molecule has 6 heteroatoms. The Morgan fingerprint density at radius 1 is 1.07 bits per heavy atom. The average molecular weight is 372 g/mol. The van der Waals surface area contributed by atoms with Gasteiger partial charge in [0.15, 0.2) is 0 Å². The third-order valence-electron chi connectivity index (χ3n) is 4.09. The van der Waals surface area contributed by atoms with E-state index < -0.39 is 23.3 Å². The molecule has 2 aromatic carbocycles. The van der Waals surface area contributed by atoms with Gasteiger partial charge in [0.1, 0.15) is 17.2 Å². The minimum Gasteiger partial charge on any atom is -0.443 e. The van der Waals surface area contributed by atoms with E-state index in [2.05, 4.69) is 0 Å². The minimum atomic E-state index is -0.605. The number of hydrogen-bond donors (Lipinski definition) is 0. The van der Waals surface area contributed by atoms with Crippen LogP contribution < -0.4 is 4.90 Å². The van der Waals surface area contributed by atoms with Crippen LogP contribution >= 0.6 is 0 Å². The number of aromatic nitrogens is 1. The lowest BCUT2D eigenvalue weighted by molar-refractivity contribution is 0.0589. The van der Waals surface area contributed by atoms with Gasteiger partial charge in [-0.2, -0.15) is 0 Å². The summed E-state index contributed by atoms with van der Waals surface area (Å²) in [5.41, 5.74) is 1.46. The number of nitrogens with zero attached hydrogens (tertiary/aromatic N) is 2. The summed E-state index contributed by atoms with van der Waals surface area (Å²) in [6.45, 7) is 5.75. The van der Waals surface area contributed by atoms with Crippen LogP contribution in [-0.4, -0.2) is 23.3 Å². The van der Waals surface area contributed by atoms with Gasteiger partial charge in [-0.15, -0.1) is 0 Å². The third kappa shape index (κ3) is 4.45. The lowest BCUT2D eigenvalue weighted by Gasteiger charge is -2.24. The Balaban J connectivity index is 1.91. The SMILES string of the molecule is CN(C(=O)OC(C)(C)C)c1ccc2ccn(Cc3cc(F)cc(F)c3)c2c1. The molecule has 0 spiro atoms. The zero-order valence-electron chi connectivity index (χ0n) is 15.8. The maximum absolute atomic E-state index is 13.5. The van der Waals surface area contributed by atoms with Crippen LogP contribution in [0.5, 0.6) is 0 Å². The number of carbonyl (C=O) groups excluding carboxylic acids is 1. The molecule has 0 radical (unpaired) electrons. The molecule has 0 unspecified atom stereocenters. The Morgan fingerprint density at radius 2 is 1.74 bits per heavy atom. The Morgan fingerprint density at radius 3 is 2.37 bits per heavy atom. The number of rotatable bonds is 3. The largest absolute Gasteiger partial charge is 0.443 e. The van der Waals surface area contributed by atoms with Crippen molar-refractivity contribution in [2.45, 2.75) is 32.9 Å². The van der Waals surface area contributed by atoms with Gasteiger partial charge in [-0.25, -0.2) is 13.6 Å². The summed E-state index contributed by atoms with van der Waals surface area (Å²) in [6.07, 6.45) is 1.40. The van der Waals surface area contributed by atoms with Gasteiger partial charge in [0.25, 0.3) is 0 Å². The van der Waals surface area contributed by atoms with Crippen LogP contribution in [0.15, 0.2) is 48.7 Å². The standard InChI is InChI=1S/C21H22F2N2O2/c1-21(2,3)27-20(26)24(4)18-6-5-15-7-8-25(19(15)12-18)13-14-9-16(22)11-17(23)10-14/h5-12H,13H2,1-4H3. The van der Waals surface area contributed by atoms with Crippen molar-refractivity contribution in [3.63, 3.8) is 0 Å². The molecule has 0 bridgehead atoms. The highest BCUT2D eigenvalue weighted by Crippen LogP contribution is 2.25. The van der Waals surface area contributed by atoms with Crippen molar-refractivity contribution >= 4 is 22.7 Å². The van der Waals surface area contributed by atoms with Crippen LogP contribution in [0.1, 0.15) is 26.3 Å². The zero-order chi connectivity index (χ0) is 19.8. The zero-order valence-corrected chi connectivity index (χ0v) is 15.8. The van der Waals surface area contributed by atoms with E-state index >= 15 is 0 Å². The summed E-state index contributed by atoms with van der Waals surface area (Å²) < 4.78 is 34.2. The molecule has 0 atom stereocenters. The van der Waals surface area contributed by atoms with Crippen molar-refractivity contribution in [3.8, 4) is 0 Å². The van der Waals surface area contributed by atoms with E-state index in [0.717, 1.165) is 17.0 Å². The van der Waals surface area contributed by atoms with E-state index in [1.165, 1.54) is 17.0 Å². The van der Waals surface area contributed by atoms with Gasteiger partial charge >= 0.3 is 6.09 Å². The first-order valence-corrected chi connectivity index (χ1v) is 8.63. The van der Waals surface area contributed by atoms with Crippen LogP contribution in [0.4, 0.5) is 19.3 Å². The fourth-order valence-electron chi connectivity index (χ4n) is 2.85. The minimum absolute atomic E-state index is 0.317. The number of halogens is 2. The lowest BCUT2D eigenvalue weighted by Crippen LogP contribution is -2.34. The van der Waals surface area contributed by atoms with E-state index in [0.29, 0.717) is 17.8 Å². The second kappa shape index (κ2) is 7.02. The fourth-order valence-corrected chi connectivity index (χ4v) is 2.85. The van der Waals surface area contributed by atoms with Gasteiger partial charge in [0, 0.05) is 31.5 Å². The molecule has 142 valence electrons. The topological polar surface area (TPSA) is 34.5 Å². The van der Waals surface area contributed by atoms with Crippen molar-refractivity contribution in [3.05, 3.63) is 65.9 Å². The number of ether oxygens (including phenoxy) is 1. The van der Waals surface area contributed by atoms with E-state index in [1.54, 1.807) is 7.05 Å². The van der Waals surface area contributed by atoms with Gasteiger partial charge in [0.2, 0.25) is 0 Å². The molecule has 0 N–H and O–H groups in total. The molecule has 1 aromatic heterocycles. The normalized spacial score (nSPS) is 11.6. The number of hydrogen-bond acceptors (Lipinski definition) is 2. The Labute approximate surface area is 157 Å². The predicted molar refractivity (Wildman–Crippen MR) is 102 cm³/mol. The smallest absolute Gasteiger partial charge is 0.414 e. The molecule has 3 rings (SSSR count). The summed E-state index contributed by atoms with van der Waals surface area (Å²) >= 11 is 0. The molecule has 0 saturated carbocycles. The quantitative estimate of drug-likeness (QED) is 0.622. The van der Waals surface area contributed by atoms with E-state index in [-0.39, 0.29) is 0 Å². The van der Waals surface area contributed by atoms with Crippen molar-refractivity contribution in [2.24, 2.45) is 0 Å². The first kappa shape index (κ1) is 18.9. The molecular formula is C21H22F2N2O2. The van der Waals surface area contributed by atoms with Gasteiger partial charge in [-0.1, -0.05) is 6.07 Å². The van der Waals surface area contributed by atoms with Crippen LogP contribution in [0.3, 0.4) is 0 Å². The summed E-state index contributed by atoms with van der Waals surface area (Å²) in [7, 11) is 1.64. The van der Waals surface area contributed by atoms with Crippen molar-refractivity contribution in [1.29, 1.82) is 0 Å². The van der Waals surface area contributed by atoms with Crippen LogP contribution in [-0.2, 0) is 11.3 Å². The molecule has 3 aromatic rings. The molecule has 1 amide bonds. The molecule has 4 nitrogen and oxygen atoms in total. The molecule has 0 saturated heterocycles. The molecule has 0 aliphatic carbocycles. The molecule has 0 fully saturated rings. The monoisotopic (exact) mass is 372 g/mol. The number of benzene rings is 2. The summed E-state index contributed by atoms with van der Waals surface area (Å²) in [6, 6.07) is 11.0. The first-order valence-electron chi connectivity index (χ1n) is 8.63. The number of fused-ring (bicyclic) bond motifs is 1. The van der Waals surface area contributed by atoms with Crippen molar-refractivity contribution < 1.29 is 18.3 Å². The van der Waals surface area contributed by atoms with E-state index in [1.807, 2.05) is 55.8 Å². The van der Waals surface area contributed by atoms with Crippen LogP contribution in [0.25, 0.3) is 10.9 Å². The average Bonchev–Trinajstić information content (AvgIpc) is 2.94. The van der Waals surface area contributed by atoms with Crippen LogP contribution in [0.2, 0.25) is 0 Å². The third-order valence-corrected chi connectivity index (χ3v) is 4.09. The number of carbonyl (C=O) groups is 1. The number of amides is 1. The summed E-state index contributed by atoms with van der Waals surface area (Å²) in [4.78, 5) is 13.7. The Kier molecular flexibility index (Phi) is 4.91. The molecule has 1 heterocycles. The predicted octanol–water partition coefficient (Wildman–Crippen LogP) is 5.34. The van der Waals surface area contributed by atoms with Gasteiger partial charge in [0.05, 0.1) is 5.52 Å². The Bertz CT molecular complexity index is 969. The summed E-state index contributed by atoms with van der Waals surface area (Å²) in [5, 5.41) is 0.966. The lowest BCUT2D eigenvalue weighted by atomic mass is 10.2. The maximum Gasteiger partial charge on any atom is 0.414 e. The molecule has 0 aliphatic heterocycles. The highest BCUT2D eigenvalue weighted by atomic mass is 19.1. The maximum atomic E-state index is 13.5. The van der Waals surface area contributed by atoms with E-state index in [9.17, 15) is 13.6 Å².